The van der Waals surface area contributed by atoms with Gasteiger partial charge in [0.25, 0.3) is 0 Å². The van der Waals surface area contributed by atoms with Crippen LogP contribution in [0.5, 0.6) is 11.6 Å². The molecule has 202 valence electrons. The first-order valence-corrected chi connectivity index (χ1v) is 13.0. The van der Waals surface area contributed by atoms with Crippen LogP contribution in [0.1, 0.15) is 0 Å². The molecule has 0 amide bonds. The molecule has 5 heterocycles. The van der Waals surface area contributed by atoms with Gasteiger partial charge in [-0.05, 0) is 23.3 Å². The molecule has 8 nitrogen and oxygen atoms in total. The van der Waals surface area contributed by atoms with Crippen LogP contribution in [0.15, 0.2) is 60.7 Å². The molecule has 0 saturated carbocycles. The topological polar surface area (TPSA) is 97.9 Å². The van der Waals surface area contributed by atoms with E-state index in [1.54, 1.807) is 6.07 Å². The number of halogens is 2. The summed E-state index contributed by atoms with van der Waals surface area (Å²) < 4.78 is 51.8. The maximum absolute atomic E-state index is 15.1. The van der Waals surface area contributed by atoms with Crippen molar-refractivity contribution in [2.24, 2.45) is 0 Å². The Kier molecular flexibility index (Phi) is 6.19. The lowest BCUT2D eigenvalue weighted by molar-refractivity contribution is 0.00794. The van der Waals surface area contributed by atoms with Crippen LogP contribution in [0.2, 0.25) is 0 Å². The third-order valence-corrected chi connectivity index (χ3v) is 7.51. The third-order valence-electron chi connectivity index (χ3n) is 7.51. The number of hydrogen-bond donors (Lipinski definition) is 3. The first kappa shape index (κ1) is 24.5. The largest absolute Gasteiger partial charge is 0.486 e. The Bertz CT molecular complexity index is 1480. The van der Waals surface area contributed by atoms with Gasteiger partial charge in [-0.15, -0.1) is 0 Å². The molecule has 6 atom stereocenters. The minimum atomic E-state index is -1.01. The van der Waals surface area contributed by atoms with Gasteiger partial charge in [0.15, 0.2) is 24.0 Å². The summed E-state index contributed by atoms with van der Waals surface area (Å²) in [6.07, 6.45) is -3.26. The highest BCUT2D eigenvalue weighted by molar-refractivity contribution is 5.81. The van der Waals surface area contributed by atoms with Crippen LogP contribution in [-0.4, -0.2) is 78.1 Å². The van der Waals surface area contributed by atoms with Gasteiger partial charge in [-0.1, -0.05) is 36.4 Å². The number of H-pyrrole nitrogens is 1. The monoisotopic (exact) mass is 535 g/mol. The average Bonchev–Trinajstić information content (AvgIpc) is 3.72. The molecule has 2 aromatic carbocycles. The van der Waals surface area contributed by atoms with Gasteiger partial charge in [-0.3, -0.25) is 0 Å². The number of fused-ring (bicyclic) bond motifs is 2. The SMILES string of the molecule is O[C@@H]1CO[C@H]2[C@@H]1OC[C@H]2Oc1cc2nc(-c3ccc(-c4ccc(OC5CNCC5F)cc4)cc3)c(F)cc2[nH]1. The highest BCUT2D eigenvalue weighted by Gasteiger charge is 2.48. The van der Waals surface area contributed by atoms with E-state index in [0.29, 0.717) is 47.9 Å². The lowest BCUT2D eigenvalue weighted by Gasteiger charge is -2.16. The van der Waals surface area contributed by atoms with Crippen molar-refractivity contribution in [3.05, 3.63) is 66.5 Å². The fourth-order valence-corrected chi connectivity index (χ4v) is 5.44. The summed E-state index contributed by atoms with van der Waals surface area (Å²) in [5.74, 6) is 0.598. The maximum atomic E-state index is 15.1. The van der Waals surface area contributed by atoms with E-state index < -0.39 is 30.3 Å². The number of rotatable bonds is 6. The molecule has 2 aromatic heterocycles. The van der Waals surface area contributed by atoms with Crippen LogP contribution in [-0.2, 0) is 9.47 Å². The quantitative estimate of drug-likeness (QED) is 0.347. The molecule has 0 bridgehead atoms. The zero-order chi connectivity index (χ0) is 26.5. The Hall–Kier alpha value is -3.57. The number of pyridine rings is 1. The molecule has 0 spiro atoms. The van der Waals surface area contributed by atoms with Crippen LogP contribution < -0.4 is 14.8 Å². The van der Waals surface area contributed by atoms with Crippen molar-refractivity contribution in [3.63, 3.8) is 0 Å². The summed E-state index contributed by atoms with van der Waals surface area (Å²) in [5, 5.41) is 12.9. The Balaban J connectivity index is 1.07. The standard InChI is InChI=1S/C29H27F2N3O5/c30-19-9-21-22(10-26(33-21)39-25-14-37-28-23(35)13-36-29(25)28)34-27(19)17-3-1-15(2-4-17)16-5-7-18(8-6-16)38-24-12-32-11-20(24)31/h1-10,20,23-25,28-29,32-33,35H,11-14H2/t20?,23-,24?,25-,28-,29-/m1/s1. The second-order valence-corrected chi connectivity index (χ2v) is 10.1. The normalized spacial score (nSPS) is 28.2. The Morgan fingerprint density at radius 1 is 0.846 bits per heavy atom. The second-order valence-electron chi connectivity index (χ2n) is 10.1. The van der Waals surface area contributed by atoms with Gasteiger partial charge < -0.3 is 34.4 Å². The maximum Gasteiger partial charge on any atom is 0.193 e. The van der Waals surface area contributed by atoms with E-state index in [2.05, 4.69) is 15.3 Å². The first-order valence-electron chi connectivity index (χ1n) is 13.0. The van der Waals surface area contributed by atoms with E-state index in [1.165, 1.54) is 6.07 Å². The minimum Gasteiger partial charge on any atom is -0.486 e. The fourth-order valence-electron chi connectivity index (χ4n) is 5.44. The lowest BCUT2D eigenvalue weighted by Crippen LogP contribution is -2.34. The molecule has 3 saturated heterocycles. The number of ether oxygens (including phenoxy) is 4. The molecule has 4 aromatic rings. The zero-order valence-corrected chi connectivity index (χ0v) is 20.8. The van der Waals surface area contributed by atoms with Crippen LogP contribution >= 0.6 is 0 Å². The average molecular weight is 536 g/mol. The number of aromatic amines is 1. The first-order chi connectivity index (χ1) is 19.0. The molecule has 10 heteroatoms. The molecule has 3 aliphatic rings. The van der Waals surface area contributed by atoms with Gasteiger partial charge in [0.2, 0.25) is 0 Å². The van der Waals surface area contributed by atoms with Crippen molar-refractivity contribution in [3.8, 4) is 34.0 Å². The van der Waals surface area contributed by atoms with Crippen molar-refractivity contribution < 1.29 is 32.8 Å². The number of alkyl halides is 1. The predicted octanol–water partition coefficient (Wildman–Crippen LogP) is 3.63. The number of aliphatic hydroxyl groups excluding tert-OH is 1. The van der Waals surface area contributed by atoms with E-state index in [4.69, 9.17) is 18.9 Å². The number of benzene rings is 2. The molecule has 39 heavy (non-hydrogen) atoms. The highest BCUT2D eigenvalue weighted by atomic mass is 19.1. The lowest BCUT2D eigenvalue weighted by atomic mass is 10.0. The molecule has 3 aliphatic heterocycles. The van der Waals surface area contributed by atoms with E-state index in [9.17, 15) is 9.50 Å². The molecule has 2 unspecified atom stereocenters. The molecule has 0 radical (unpaired) electrons. The van der Waals surface area contributed by atoms with Gasteiger partial charge in [-0.2, -0.15) is 0 Å². The number of aliphatic hydroxyl groups is 1. The summed E-state index contributed by atoms with van der Waals surface area (Å²) in [4.78, 5) is 7.61. The summed E-state index contributed by atoms with van der Waals surface area (Å²) in [6.45, 7) is 1.32. The smallest absolute Gasteiger partial charge is 0.193 e. The van der Waals surface area contributed by atoms with Crippen LogP contribution in [0, 0.1) is 5.82 Å². The van der Waals surface area contributed by atoms with E-state index in [-0.39, 0.29) is 24.5 Å². The minimum absolute atomic E-state index is 0.218. The Labute approximate surface area is 222 Å². The number of nitrogens with zero attached hydrogens (tertiary/aromatic N) is 1. The molecule has 3 N–H and O–H groups in total. The van der Waals surface area contributed by atoms with E-state index in [1.807, 2.05) is 48.5 Å². The van der Waals surface area contributed by atoms with Crippen molar-refractivity contribution in [2.45, 2.75) is 36.7 Å². The van der Waals surface area contributed by atoms with Crippen LogP contribution in [0.4, 0.5) is 8.78 Å². The molecular formula is C29H27F2N3O5. The van der Waals surface area contributed by atoms with Gasteiger partial charge in [0.05, 0.1) is 24.2 Å². The van der Waals surface area contributed by atoms with Crippen LogP contribution in [0.3, 0.4) is 0 Å². The highest BCUT2D eigenvalue weighted by Crippen LogP contribution is 2.33. The van der Waals surface area contributed by atoms with Crippen LogP contribution in [0.25, 0.3) is 33.4 Å². The summed E-state index contributed by atoms with van der Waals surface area (Å²) >= 11 is 0. The molecular weight excluding hydrogens is 508 g/mol. The zero-order valence-electron chi connectivity index (χ0n) is 20.8. The Morgan fingerprint density at radius 3 is 2.31 bits per heavy atom. The number of nitrogens with one attached hydrogen (secondary N) is 2. The van der Waals surface area contributed by atoms with E-state index >= 15 is 4.39 Å². The fraction of sp³-hybridized carbons (Fsp3) is 0.345. The molecule has 0 aliphatic carbocycles. The number of aromatic nitrogens is 2. The molecule has 3 fully saturated rings. The summed E-state index contributed by atoms with van der Waals surface area (Å²) in [6, 6.07) is 18.1. The molecule has 7 rings (SSSR count). The summed E-state index contributed by atoms with van der Waals surface area (Å²) in [5.41, 5.74) is 3.87. The third kappa shape index (κ3) is 4.63. The second kappa shape index (κ2) is 9.87. The van der Waals surface area contributed by atoms with Gasteiger partial charge in [-0.25, -0.2) is 13.8 Å². The van der Waals surface area contributed by atoms with Gasteiger partial charge in [0, 0.05) is 30.8 Å². The summed E-state index contributed by atoms with van der Waals surface area (Å²) in [7, 11) is 0. The van der Waals surface area contributed by atoms with Crippen molar-refractivity contribution in [2.75, 3.05) is 26.3 Å². The predicted molar refractivity (Wildman–Crippen MR) is 139 cm³/mol. The van der Waals surface area contributed by atoms with Gasteiger partial charge >= 0.3 is 0 Å². The van der Waals surface area contributed by atoms with Gasteiger partial charge in [0.1, 0.15) is 35.9 Å². The van der Waals surface area contributed by atoms with E-state index in [0.717, 1.165) is 11.1 Å². The van der Waals surface area contributed by atoms with Crippen molar-refractivity contribution in [1.29, 1.82) is 0 Å². The van der Waals surface area contributed by atoms with Crippen molar-refractivity contribution in [1.82, 2.24) is 15.3 Å². The Morgan fingerprint density at radius 2 is 1.56 bits per heavy atom. The van der Waals surface area contributed by atoms with Crippen molar-refractivity contribution >= 4 is 11.0 Å². The number of hydrogen-bond acceptors (Lipinski definition) is 7.